The van der Waals surface area contributed by atoms with Crippen LogP contribution < -0.4 is 9.47 Å². The van der Waals surface area contributed by atoms with Gasteiger partial charge in [-0.05, 0) is 36.6 Å². The molecule has 0 saturated heterocycles. The molecule has 7 heteroatoms. The maximum atomic E-state index is 9.89. The molecule has 0 amide bonds. The Balaban J connectivity index is 1.57. The zero-order valence-electron chi connectivity index (χ0n) is 20.0. The maximum absolute atomic E-state index is 9.89. The predicted molar refractivity (Wildman–Crippen MR) is 137 cm³/mol. The molecular formula is C28H27N3O3S. The predicted octanol–water partition coefficient (Wildman–Crippen LogP) is 5.90. The number of aryl methyl sites for hydroxylation is 2. The smallest absolute Gasteiger partial charge is 0.227 e. The number of aromatic nitrogens is 3. The van der Waals surface area contributed by atoms with Crippen molar-refractivity contribution in [3.8, 4) is 28.8 Å². The zero-order chi connectivity index (χ0) is 24.4. The third-order valence-corrected chi connectivity index (χ3v) is 7.28. The van der Waals surface area contributed by atoms with E-state index in [0.29, 0.717) is 23.9 Å². The molecule has 1 N–H and O–H groups in total. The van der Waals surface area contributed by atoms with E-state index in [1.807, 2.05) is 31.2 Å². The van der Waals surface area contributed by atoms with E-state index in [1.165, 1.54) is 11.1 Å². The van der Waals surface area contributed by atoms with Crippen LogP contribution in [-0.4, -0.2) is 27.2 Å². The van der Waals surface area contributed by atoms with E-state index in [4.69, 9.17) is 19.4 Å². The highest BCUT2D eigenvalue weighted by atomic mass is 32.2. The maximum Gasteiger partial charge on any atom is 0.227 e. The molecule has 0 saturated carbocycles. The van der Waals surface area contributed by atoms with Crippen LogP contribution in [0.15, 0.2) is 59.8 Å². The second-order valence-electron chi connectivity index (χ2n) is 8.44. The van der Waals surface area contributed by atoms with Crippen molar-refractivity contribution in [1.82, 2.24) is 15.0 Å². The molecule has 2 aromatic heterocycles. The first-order chi connectivity index (χ1) is 17.1. The number of aliphatic hydroxyl groups excluding tert-OH is 1. The molecule has 5 rings (SSSR count). The van der Waals surface area contributed by atoms with Crippen LogP contribution in [0.4, 0.5) is 0 Å². The van der Waals surface area contributed by atoms with Crippen molar-refractivity contribution in [2.75, 3.05) is 7.11 Å². The number of pyridine rings is 1. The normalized spacial score (nSPS) is 12.0. The van der Waals surface area contributed by atoms with E-state index in [-0.39, 0.29) is 6.61 Å². The van der Waals surface area contributed by atoms with Gasteiger partial charge in [-0.25, -0.2) is 4.98 Å². The Hall–Kier alpha value is -3.42. The van der Waals surface area contributed by atoms with Gasteiger partial charge in [0.1, 0.15) is 10.8 Å². The van der Waals surface area contributed by atoms with Crippen LogP contribution in [0.3, 0.4) is 0 Å². The molecule has 0 unspecified atom stereocenters. The summed E-state index contributed by atoms with van der Waals surface area (Å²) in [6.07, 6.45) is 3.32. The lowest BCUT2D eigenvalue weighted by Crippen LogP contribution is -2.13. The van der Waals surface area contributed by atoms with Crippen LogP contribution in [0.5, 0.6) is 17.4 Å². The molecule has 2 aromatic carbocycles. The highest BCUT2D eigenvalue weighted by Gasteiger charge is 2.27. The van der Waals surface area contributed by atoms with Crippen molar-refractivity contribution < 1.29 is 14.6 Å². The largest absolute Gasteiger partial charge is 0.497 e. The van der Waals surface area contributed by atoms with Gasteiger partial charge < -0.3 is 14.6 Å². The second kappa shape index (κ2) is 10.1. The molecule has 0 radical (unpaired) electrons. The average Bonchev–Trinajstić information content (AvgIpc) is 2.91. The number of benzene rings is 2. The molecule has 0 bridgehead atoms. The fraction of sp³-hybridized carbons (Fsp3) is 0.250. The first-order valence-corrected chi connectivity index (χ1v) is 12.6. The third-order valence-electron chi connectivity index (χ3n) is 6.19. The third kappa shape index (κ3) is 4.74. The fourth-order valence-corrected chi connectivity index (χ4v) is 5.11. The van der Waals surface area contributed by atoms with Gasteiger partial charge in [-0.3, -0.25) is 4.98 Å². The van der Waals surface area contributed by atoms with E-state index in [1.54, 1.807) is 25.1 Å². The van der Waals surface area contributed by atoms with Gasteiger partial charge in [0.15, 0.2) is 11.6 Å². The highest BCUT2D eigenvalue weighted by molar-refractivity contribution is 7.98. The average molecular weight is 486 g/mol. The lowest BCUT2D eigenvalue weighted by atomic mass is 9.99. The molecule has 0 fully saturated rings. The number of thioether (sulfide) groups is 1. The van der Waals surface area contributed by atoms with E-state index in [2.05, 4.69) is 36.2 Å². The number of ether oxygens (including phenoxy) is 2. The number of nitrogens with zero attached hydrogens (tertiary/aromatic N) is 3. The number of hydrogen-bond donors (Lipinski definition) is 1. The number of rotatable bonds is 7. The Bertz CT molecular complexity index is 1370. The van der Waals surface area contributed by atoms with Crippen molar-refractivity contribution >= 4 is 11.8 Å². The van der Waals surface area contributed by atoms with E-state index < -0.39 is 0 Å². The summed E-state index contributed by atoms with van der Waals surface area (Å²) in [6.45, 7) is 3.97. The van der Waals surface area contributed by atoms with Gasteiger partial charge in [0.2, 0.25) is 5.88 Å². The van der Waals surface area contributed by atoms with Gasteiger partial charge in [0.25, 0.3) is 0 Å². The number of methoxy groups -OCH3 is 1. The second-order valence-corrected chi connectivity index (χ2v) is 9.40. The van der Waals surface area contributed by atoms with Crippen molar-refractivity contribution in [3.05, 3.63) is 88.2 Å². The molecule has 1 aliphatic heterocycles. The molecule has 35 heavy (non-hydrogen) atoms. The summed E-state index contributed by atoms with van der Waals surface area (Å²) < 4.78 is 11.7. The summed E-state index contributed by atoms with van der Waals surface area (Å²) in [5.74, 6) is 3.31. The Morgan fingerprint density at radius 2 is 1.86 bits per heavy atom. The van der Waals surface area contributed by atoms with Gasteiger partial charge in [-0.2, -0.15) is 4.98 Å². The van der Waals surface area contributed by atoms with Crippen molar-refractivity contribution in [2.45, 2.75) is 44.1 Å². The van der Waals surface area contributed by atoms with Crippen molar-refractivity contribution in [1.29, 1.82) is 0 Å². The molecule has 4 aromatic rings. The number of hydrogen-bond acceptors (Lipinski definition) is 7. The minimum atomic E-state index is -0.0939. The van der Waals surface area contributed by atoms with E-state index in [0.717, 1.165) is 50.9 Å². The highest BCUT2D eigenvalue weighted by Crippen LogP contribution is 2.43. The quantitative estimate of drug-likeness (QED) is 0.227. The molecule has 1 aliphatic rings. The molecule has 0 atom stereocenters. The number of aliphatic hydroxyl groups is 1. The lowest BCUT2D eigenvalue weighted by Gasteiger charge is -2.24. The molecular weight excluding hydrogens is 458 g/mol. The van der Waals surface area contributed by atoms with Crippen LogP contribution in [0.2, 0.25) is 0 Å². The van der Waals surface area contributed by atoms with Crippen LogP contribution in [0.1, 0.15) is 40.4 Å². The summed E-state index contributed by atoms with van der Waals surface area (Å²) in [6, 6.07) is 16.4. The SMILES string of the molecule is CCc1ccc(CSc2nc(-c3cccc(OC)c3)nc3c2Cc2c(CO)cnc(C)c2O3)cc1. The van der Waals surface area contributed by atoms with Crippen LogP contribution >= 0.6 is 11.8 Å². The van der Waals surface area contributed by atoms with Crippen molar-refractivity contribution in [2.24, 2.45) is 0 Å². The van der Waals surface area contributed by atoms with Gasteiger partial charge in [-0.15, -0.1) is 11.8 Å². The van der Waals surface area contributed by atoms with Crippen LogP contribution in [-0.2, 0) is 25.2 Å². The molecule has 6 nitrogen and oxygen atoms in total. The minimum absolute atomic E-state index is 0.0939. The fourth-order valence-electron chi connectivity index (χ4n) is 4.13. The monoisotopic (exact) mass is 485 g/mol. The first-order valence-electron chi connectivity index (χ1n) is 11.6. The molecule has 3 heterocycles. The molecule has 178 valence electrons. The summed E-state index contributed by atoms with van der Waals surface area (Å²) in [7, 11) is 1.65. The van der Waals surface area contributed by atoms with E-state index in [9.17, 15) is 5.11 Å². The lowest BCUT2D eigenvalue weighted by molar-refractivity contribution is 0.278. The Morgan fingerprint density at radius 1 is 1.06 bits per heavy atom. The van der Waals surface area contributed by atoms with Gasteiger partial charge in [-0.1, -0.05) is 43.3 Å². The van der Waals surface area contributed by atoms with Crippen LogP contribution in [0.25, 0.3) is 11.4 Å². The minimum Gasteiger partial charge on any atom is -0.497 e. The summed E-state index contributed by atoms with van der Waals surface area (Å²) in [5.41, 5.74) is 6.82. The Kier molecular flexibility index (Phi) is 6.70. The molecule has 0 spiro atoms. The first kappa shape index (κ1) is 23.3. The van der Waals surface area contributed by atoms with E-state index >= 15 is 0 Å². The summed E-state index contributed by atoms with van der Waals surface area (Å²) in [4.78, 5) is 14.2. The summed E-state index contributed by atoms with van der Waals surface area (Å²) in [5, 5.41) is 10.8. The van der Waals surface area contributed by atoms with Gasteiger partial charge in [0.05, 0.1) is 25.0 Å². The zero-order valence-corrected chi connectivity index (χ0v) is 20.9. The Labute approximate surface area is 209 Å². The number of fused-ring (bicyclic) bond motifs is 2. The van der Waals surface area contributed by atoms with Crippen LogP contribution in [0, 0.1) is 6.92 Å². The van der Waals surface area contributed by atoms with Crippen molar-refractivity contribution in [3.63, 3.8) is 0 Å². The Morgan fingerprint density at radius 3 is 2.60 bits per heavy atom. The summed E-state index contributed by atoms with van der Waals surface area (Å²) >= 11 is 1.67. The molecule has 0 aliphatic carbocycles. The standard InChI is InChI=1S/C28H27N3O3S/c1-4-18-8-10-19(11-9-18)16-35-28-24-13-23-21(15-32)14-29-17(2)25(23)34-27(24)30-26(31-28)20-6-5-7-22(12-20)33-3/h5-12,14,32H,4,13,15-16H2,1-3H3. The topological polar surface area (TPSA) is 77.4 Å². The van der Waals surface area contributed by atoms with Gasteiger partial charge >= 0.3 is 0 Å². The van der Waals surface area contributed by atoms with Gasteiger partial charge in [0, 0.05) is 35.1 Å².